The van der Waals surface area contributed by atoms with Gasteiger partial charge in [-0.3, -0.25) is 4.79 Å². The number of rotatable bonds is 3. The predicted octanol–water partition coefficient (Wildman–Crippen LogP) is 2.74. The van der Waals surface area contributed by atoms with Crippen molar-refractivity contribution in [1.29, 1.82) is 0 Å². The Kier molecular flexibility index (Phi) is 5.63. The summed E-state index contributed by atoms with van der Waals surface area (Å²) < 4.78 is 0. The van der Waals surface area contributed by atoms with E-state index in [0.29, 0.717) is 12.3 Å². The van der Waals surface area contributed by atoms with Crippen LogP contribution in [-0.4, -0.2) is 12.5 Å². The van der Waals surface area contributed by atoms with Crippen LogP contribution in [0.25, 0.3) is 0 Å². The van der Waals surface area contributed by atoms with Gasteiger partial charge in [0.25, 0.3) is 0 Å². The summed E-state index contributed by atoms with van der Waals surface area (Å²) in [7, 11) is 0. The number of benzene rings is 1. The summed E-state index contributed by atoms with van der Waals surface area (Å²) in [5.41, 5.74) is 3.61. The molecule has 0 aliphatic carbocycles. The Balaban J connectivity index is 0.00000162. The van der Waals surface area contributed by atoms with Gasteiger partial charge < -0.3 is 10.6 Å². The molecule has 0 spiro atoms. The number of carbonyl (C=O) groups is 1. The normalized spacial score (nSPS) is 13.7. The Morgan fingerprint density at radius 3 is 2.89 bits per heavy atom. The first-order valence-electron chi connectivity index (χ1n) is 6.27. The lowest BCUT2D eigenvalue weighted by Crippen LogP contribution is -2.23. The molecule has 1 aliphatic heterocycles. The van der Waals surface area contributed by atoms with Crippen molar-refractivity contribution in [3.05, 3.63) is 29.3 Å². The third-order valence-electron chi connectivity index (χ3n) is 2.97. The molecule has 0 bridgehead atoms. The Labute approximate surface area is 115 Å². The summed E-state index contributed by atoms with van der Waals surface area (Å²) in [4.78, 5) is 11.7. The summed E-state index contributed by atoms with van der Waals surface area (Å²) >= 11 is 0. The Bertz CT molecular complexity index is 418. The van der Waals surface area contributed by atoms with Gasteiger partial charge in [-0.25, -0.2) is 0 Å². The summed E-state index contributed by atoms with van der Waals surface area (Å²) in [6.07, 6.45) is 1.66. The highest BCUT2D eigenvalue weighted by molar-refractivity contribution is 5.90. The lowest BCUT2D eigenvalue weighted by atomic mass is 10.0. The van der Waals surface area contributed by atoms with Crippen molar-refractivity contribution in [1.82, 2.24) is 5.32 Å². The van der Waals surface area contributed by atoms with E-state index in [0.717, 1.165) is 25.2 Å². The van der Waals surface area contributed by atoms with Crippen molar-refractivity contribution in [3.8, 4) is 0 Å². The average molecular weight is 269 g/mol. The number of amides is 1. The van der Waals surface area contributed by atoms with Crippen LogP contribution in [0.1, 0.15) is 31.4 Å². The van der Waals surface area contributed by atoms with Crippen LogP contribution in [0.2, 0.25) is 0 Å². The molecule has 1 aliphatic rings. The van der Waals surface area contributed by atoms with Crippen molar-refractivity contribution in [2.24, 2.45) is 5.92 Å². The lowest BCUT2D eigenvalue weighted by Gasteiger charge is -2.18. The first-order valence-corrected chi connectivity index (χ1v) is 6.27. The minimum Gasteiger partial charge on any atom is -0.326 e. The number of fused-ring (bicyclic) bond motifs is 1. The zero-order valence-electron chi connectivity index (χ0n) is 11.0. The van der Waals surface area contributed by atoms with E-state index >= 15 is 0 Å². The smallest absolute Gasteiger partial charge is 0.224 e. The minimum absolute atomic E-state index is 0. The fraction of sp³-hybridized carbons (Fsp3) is 0.500. The summed E-state index contributed by atoms with van der Waals surface area (Å²) in [6, 6.07) is 6.21. The Hall–Kier alpha value is -1.06. The monoisotopic (exact) mass is 268 g/mol. The standard InChI is InChI=1S/C14H20N2O.ClH/c1-10(2)7-14(17)16-13-4-3-11-5-6-15-9-12(11)8-13;/h3-4,8,10,15H,5-7,9H2,1-2H3,(H,16,17);1H. The second kappa shape index (κ2) is 6.76. The Morgan fingerprint density at radius 2 is 2.17 bits per heavy atom. The highest BCUT2D eigenvalue weighted by Crippen LogP contribution is 2.19. The van der Waals surface area contributed by atoms with Gasteiger partial charge in [0, 0.05) is 18.7 Å². The molecular formula is C14H21ClN2O. The minimum atomic E-state index is 0. The van der Waals surface area contributed by atoms with Crippen LogP contribution in [0.5, 0.6) is 0 Å². The molecule has 2 rings (SSSR count). The molecular weight excluding hydrogens is 248 g/mol. The molecule has 0 saturated heterocycles. The van der Waals surface area contributed by atoms with Gasteiger partial charge in [-0.2, -0.15) is 0 Å². The van der Waals surface area contributed by atoms with Gasteiger partial charge in [0.2, 0.25) is 5.91 Å². The van der Waals surface area contributed by atoms with E-state index in [4.69, 9.17) is 0 Å². The maximum atomic E-state index is 11.7. The van der Waals surface area contributed by atoms with Gasteiger partial charge >= 0.3 is 0 Å². The molecule has 3 nitrogen and oxygen atoms in total. The van der Waals surface area contributed by atoms with Gasteiger partial charge in [0.1, 0.15) is 0 Å². The molecule has 0 saturated carbocycles. The van der Waals surface area contributed by atoms with Gasteiger partial charge in [-0.05, 0) is 42.1 Å². The molecule has 1 aromatic carbocycles. The Morgan fingerprint density at radius 1 is 1.39 bits per heavy atom. The number of carbonyl (C=O) groups excluding carboxylic acids is 1. The molecule has 0 unspecified atom stereocenters. The van der Waals surface area contributed by atoms with E-state index in [1.54, 1.807) is 0 Å². The zero-order chi connectivity index (χ0) is 12.3. The second-order valence-corrected chi connectivity index (χ2v) is 5.06. The highest BCUT2D eigenvalue weighted by Gasteiger charge is 2.10. The third-order valence-corrected chi connectivity index (χ3v) is 2.97. The van der Waals surface area contributed by atoms with E-state index in [1.165, 1.54) is 11.1 Å². The average Bonchev–Trinajstić information content (AvgIpc) is 2.27. The molecule has 0 fully saturated rings. The van der Waals surface area contributed by atoms with Gasteiger partial charge in [-0.15, -0.1) is 12.4 Å². The fourth-order valence-electron chi connectivity index (χ4n) is 2.14. The van der Waals surface area contributed by atoms with Crippen LogP contribution in [0.3, 0.4) is 0 Å². The summed E-state index contributed by atoms with van der Waals surface area (Å²) in [5, 5.41) is 6.30. The first-order chi connectivity index (χ1) is 8.15. The number of nitrogens with one attached hydrogen (secondary N) is 2. The van der Waals surface area contributed by atoms with Crippen molar-refractivity contribution < 1.29 is 4.79 Å². The lowest BCUT2D eigenvalue weighted by molar-refractivity contribution is -0.116. The molecule has 0 aromatic heterocycles. The van der Waals surface area contributed by atoms with Crippen LogP contribution in [0.4, 0.5) is 5.69 Å². The van der Waals surface area contributed by atoms with Crippen LogP contribution in [0, 0.1) is 5.92 Å². The van der Waals surface area contributed by atoms with Crippen LogP contribution in [-0.2, 0) is 17.8 Å². The van der Waals surface area contributed by atoms with Gasteiger partial charge in [0.05, 0.1) is 0 Å². The second-order valence-electron chi connectivity index (χ2n) is 5.06. The van der Waals surface area contributed by atoms with E-state index in [9.17, 15) is 4.79 Å². The van der Waals surface area contributed by atoms with E-state index in [2.05, 4.69) is 36.6 Å². The van der Waals surface area contributed by atoms with Crippen LogP contribution in [0.15, 0.2) is 18.2 Å². The molecule has 1 aromatic rings. The number of anilines is 1. The van der Waals surface area contributed by atoms with Crippen molar-refractivity contribution in [2.45, 2.75) is 33.2 Å². The third kappa shape index (κ3) is 4.00. The number of halogens is 1. The number of hydrogen-bond acceptors (Lipinski definition) is 2. The molecule has 0 atom stereocenters. The highest BCUT2D eigenvalue weighted by atomic mass is 35.5. The van der Waals surface area contributed by atoms with E-state index in [-0.39, 0.29) is 18.3 Å². The zero-order valence-corrected chi connectivity index (χ0v) is 11.8. The molecule has 1 amide bonds. The molecule has 0 radical (unpaired) electrons. The van der Waals surface area contributed by atoms with E-state index in [1.807, 2.05) is 6.07 Å². The van der Waals surface area contributed by atoms with Gasteiger partial charge in [-0.1, -0.05) is 19.9 Å². The van der Waals surface area contributed by atoms with Crippen molar-refractivity contribution >= 4 is 24.0 Å². The van der Waals surface area contributed by atoms with Crippen molar-refractivity contribution in [3.63, 3.8) is 0 Å². The number of hydrogen-bond donors (Lipinski definition) is 2. The van der Waals surface area contributed by atoms with Crippen LogP contribution >= 0.6 is 12.4 Å². The topological polar surface area (TPSA) is 41.1 Å². The van der Waals surface area contributed by atoms with E-state index < -0.39 is 0 Å². The summed E-state index contributed by atoms with van der Waals surface area (Å²) in [6.45, 7) is 6.06. The van der Waals surface area contributed by atoms with Crippen LogP contribution < -0.4 is 10.6 Å². The summed E-state index contributed by atoms with van der Waals surface area (Å²) in [5.74, 6) is 0.498. The SMILES string of the molecule is CC(C)CC(=O)Nc1ccc2c(c1)CNCC2.Cl. The quantitative estimate of drug-likeness (QED) is 0.885. The molecule has 100 valence electrons. The molecule has 2 N–H and O–H groups in total. The van der Waals surface area contributed by atoms with Gasteiger partial charge in [0.15, 0.2) is 0 Å². The predicted molar refractivity (Wildman–Crippen MR) is 77.2 cm³/mol. The van der Waals surface area contributed by atoms with Crippen molar-refractivity contribution in [2.75, 3.05) is 11.9 Å². The maximum Gasteiger partial charge on any atom is 0.224 e. The molecule has 1 heterocycles. The largest absolute Gasteiger partial charge is 0.326 e. The fourth-order valence-corrected chi connectivity index (χ4v) is 2.14. The first kappa shape index (κ1) is 15.0. The molecule has 18 heavy (non-hydrogen) atoms. The molecule has 4 heteroatoms. The maximum absolute atomic E-state index is 11.7.